The van der Waals surface area contributed by atoms with Crippen molar-refractivity contribution in [2.45, 2.75) is 44.6 Å². The molecule has 1 N–H and O–H groups in total. The monoisotopic (exact) mass is 387 g/mol. The summed E-state index contributed by atoms with van der Waals surface area (Å²) in [5.74, 6) is 0. The third kappa shape index (κ3) is 3.77. The first kappa shape index (κ1) is 17.5. The van der Waals surface area contributed by atoms with Crippen LogP contribution in [0.1, 0.15) is 34.0 Å². The van der Waals surface area contributed by atoms with Crippen LogP contribution < -0.4 is 5.32 Å². The zero-order valence-corrected chi connectivity index (χ0v) is 15.3. The number of alkyl halides is 3. The molecule has 2 fully saturated rings. The van der Waals surface area contributed by atoms with Gasteiger partial charge in [-0.25, -0.2) is 4.98 Å². The Labute approximate surface area is 152 Å². The molecule has 1 unspecified atom stereocenters. The maximum Gasteiger partial charge on any atom is 0.425 e. The molecule has 0 aromatic carbocycles. The largest absolute Gasteiger partial charge is 0.425 e. The lowest BCUT2D eigenvalue weighted by atomic mass is 9.93. The van der Waals surface area contributed by atoms with Crippen molar-refractivity contribution < 1.29 is 13.2 Å². The Morgan fingerprint density at radius 2 is 2.04 bits per heavy atom. The van der Waals surface area contributed by atoms with E-state index in [1.807, 2.05) is 5.38 Å². The summed E-state index contributed by atoms with van der Waals surface area (Å²) in [6, 6.07) is 3.28. The van der Waals surface area contributed by atoms with E-state index < -0.39 is 11.1 Å². The molecular formula is C17H20F3N3S2. The average molecular weight is 387 g/mol. The van der Waals surface area contributed by atoms with Gasteiger partial charge in [0.15, 0.2) is 0 Å². The van der Waals surface area contributed by atoms with Crippen molar-refractivity contribution in [3.8, 4) is 0 Å². The second kappa shape index (κ2) is 6.64. The van der Waals surface area contributed by atoms with E-state index in [2.05, 4.69) is 15.2 Å². The highest BCUT2D eigenvalue weighted by Gasteiger charge is 2.56. The minimum absolute atomic E-state index is 0.354. The SMILES string of the molecule is FC(F)(F)c1ccc(CN(Cc2nccs2)C2CC23CCNCC3)s1. The van der Waals surface area contributed by atoms with Crippen LogP contribution in [0.4, 0.5) is 13.2 Å². The second-order valence-electron chi connectivity index (χ2n) is 6.93. The molecular weight excluding hydrogens is 367 g/mol. The van der Waals surface area contributed by atoms with Gasteiger partial charge in [0.05, 0.1) is 6.54 Å². The van der Waals surface area contributed by atoms with E-state index in [1.165, 1.54) is 6.07 Å². The second-order valence-corrected chi connectivity index (χ2v) is 9.07. The van der Waals surface area contributed by atoms with Gasteiger partial charge in [-0.1, -0.05) is 0 Å². The molecule has 1 saturated carbocycles. The van der Waals surface area contributed by atoms with Crippen LogP contribution in [0.15, 0.2) is 23.7 Å². The molecule has 3 heterocycles. The fourth-order valence-corrected chi connectivity index (χ4v) is 5.44. The molecule has 25 heavy (non-hydrogen) atoms. The van der Waals surface area contributed by atoms with Crippen LogP contribution in [0.2, 0.25) is 0 Å². The summed E-state index contributed by atoms with van der Waals surface area (Å²) in [5, 5.41) is 6.39. The van der Waals surface area contributed by atoms with Crippen molar-refractivity contribution in [1.29, 1.82) is 0 Å². The Morgan fingerprint density at radius 3 is 2.68 bits per heavy atom. The molecule has 8 heteroatoms. The van der Waals surface area contributed by atoms with Crippen molar-refractivity contribution in [2.75, 3.05) is 13.1 Å². The topological polar surface area (TPSA) is 28.2 Å². The molecule has 0 bridgehead atoms. The Balaban J connectivity index is 1.51. The molecule has 2 aromatic heterocycles. The third-order valence-electron chi connectivity index (χ3n) is 5.31. The van der Waals surface area contributed by atoms with Crippen molar-refractivity contribution >= 4 is 22.7 Å². The van der Waals surface area contributed by atoms with E-state index in [-0.39, 0.29) is 0 Å². The van der Waals surface area contributed by atoms with E-state index in [1.54, 1.807) is 23.6 Å². The van der Waals surface area contributed by atoms with Crippen molar-refractivity contribution in [3.05, 3.63) is 38.5 Å². The van der Waals surface area contributed by atoms with Gasteiger partial charge in [-0.2, -0.15) is 13.2 Å². The van der Waals surface area contributed by atoms with Gasteiger partial charge in [0.2, 0.25) is 0 Å². The van der Waals surface area contributed by atoms with Gasteiger partial charge in [-0.05, 0) is 49.9 Å². The standard InChI is InChI=1S/C17H20F3N3S2/c18-17(19,20)14-2-1-12(25-14)10-23(11-15-22-7-8-24-15)13-9-16(13)3-5-21-6-4-16/h1-2,7-8,13,21H,3-6,9-11H2. The first-order valence-electron chi connectivity index (χ1n) is 8.45. The Morgan fingerprint density at radius 1 is 1.24 bits per heavy atom. The van der Waals surface area contributed by atoms with E-state index in [0.29, 0.717) is 18.0 Å². The van der Waals surface area contributed by atoms with Crippen LogP contribution in [0.3, 0.4) is 0 Å². The van der Waals surface area contributed by atoms with Gasteiger partial charge >= 0.3 is 6.18 Å². The van der Waals surface area contributed by atoms with Crippen LogP contribution in [-0.2, 0) is 19.3 Å². The lowest BCUT2D eigenvalue weighted by Crippen LogP contribution is -2.35. The molecule has 1 saturated heterocycles. The predicted octanol–water partition coefficient (Wildman–Crippen LogP) is 4.37. The molecule has 2 aromatic rings. The number of halogens is 3. The van der Waals surface area contributed by atoms with Crippen molar-refractivity contribution in [2.24, 2.45) is 5.41 Å². The van der Waals surface area contributed by atoms with Crippen LogP contribution >= 0.6 is 22.7 Å². The van der Waals surface area contributed by atoms with Crippen molar-refractivity contribution in [3.63, 3.8) is 0 Å². The Kier molecular flexibility index (Phi) is 4.64. The molecule has 1 aliphatic heterocycles. The summed E-state index contributed by atoms with van der Waals surface area (Å²) in [4.78, 5) is 6.98. The lowest BCUT2D eigenvalue weighted by molar-refractivity contribution is -0.134. The number of aromatic nitrogens is 1. The van der Waals surface area contributed by atoms with E-state index in [9.17, 15) is 13.2 Å². The summed E-state index contributed by atoms with van der Waals surface area (Å²) in [6.45, 7) is 3.37. The normalized spacial score (nSPS) is 22.6. The number of hydrogen-bond donors (Lipinski definition) is 1. The Bertz CT molecular complexity index is 705. The van der Waals surface area contributed by atoms with Crippen LogP contribution in [0.5, 0.6) is 0 Å². The summed E-state index contributed by atoms with van der Waals surface area (Å²) in [5.41, 5.74) is 0.354. The molecule has 4 rings (SSSR count). The third-order valence-corrected chi connectivity index (χ3v) is 7.19. The predicted molar refractivity (Wildman–Crippen MR) is 93.6 cm³/mol. The average Bonchev–Trinajstić information content (AvgIpc) is 3.00. The summed E-state index contributed by atoms with van der Waals surface area (Å²) >= 11 is 2.47. The number of thiazole rings is 1. The molecule has 3 nitrogen and oxygen atoms in total. The molecule has 2 aliphatic rings. The quantitative estimate of drug-likeness (QED) is 0.826. The lowest BCUT2D eigenvalue weighted by Gasteiger charge is -2.28. The maximum absolute atomic E-state index is 12.9. The molecule has 1 spiro atoms. The van der Waals surface area contributed by atoms with Crippen LogP contribution in [0.25, 0.3) is 0 Å². The molecule has 0 radical (unpaired) electrons. The van der Waals surface area contributed by atoms with Gasteiger partial charge in [0.1, 0.15) is 9.88 Å². The first-order valence-corrected chi connectivity index (χ1v) is 10.1. The number of hydrogen-bond acceptors (Lipinski definition) is 5. The van der Waals surface area contributed by atoms with Gasteiger partial charge in [-0.15, -0.1) is 22.7 Å². The molecule has 136 valence electrons. The van der Waals surface area contributed by atoms with Gasteiger partial charge in [-0.3, -0.25) is 4.90 Å². The molecule has 0 amide bonds. The van der Waals surface area contributed by atoms with Gasteiger partial charge in [0, 0.05) is 29.0 Å². The minimum atomic E-state index is -4.25. The van der Waals surface area contributed by atoms with Gasteiger partial charge < -0.3 is 5.32 Å². The molecule has 1 atom stereocenters. The Hall–Kier alpha value is -0.960. The van der Waals surface area contributed by atoms with Crippen LogP contribution in [0, 0.1) is 5.41 Å². The summed E-state index contributed by atoms with van der Waals surface area (Å²) in [6.07, 6.45) is 1.00. The van der Waals surface area contributed by atoms with E-state index in [0.717, 1.165) is 60.1 Å². The van der Waals surface area contributed by atoms with Crippen molar-refractivity contribution in [1.82, 2.24) is 15.2 Å². The van der Waals surface area contributed by atoms with E-state index >= 15 is 0 Å². The zero-order chi connectivity index (χ0) is 17.5. The smallest absolute Gasteiger partial charge is 0.317 e. The van der Waals surface area contributed by atoms with E-state index in [4.69, 9.17) is 0 Å². The number of rotatable bonds is 5. The fraction of sp³-hybridized carbons (Fsp3) is 0.588. The highest BCUT2D eigenvalue weighted by Crippen LogP contribution is 2.56. The minimum Gasteiger partial charge on any atom is -0.317 e. The maximum atomic E-state index is 12.9. The number of piperidine rings is 1. The highest BCUT2D eigenvalue weighted by molar-refractivity contribution is 7.12. The zero-order valence-electron chi connectivity index (χ0n) is 13.7. The van der Waals surface area contributed by atoms with Gasteiger partial charge in [0.25, 0.3) is 0 Å². The summed E-state index contributed by atoms with van der Waals surface area (Å²) < 4.78 is 38.6. The molecule has 1 aliphatic carbocycles. The fourth-order valence-electron chi connectivity index (χ4n) is 3.90. The highest BCUT2D eigenvalue weighted by atomic mass is 32.1. The summed E-state index contributed by atoms with van der Waals surface area (Å²) in [7, 11) is 0. The van der Waals surface area contributed by atoms with Crippen LogP contribution in [-0.4, -0.2) is 29.0 Å². The number of nitrogens with zero attached hydrogens (tertiary/aromatic N) is 2. The number of nitrogens with one attached hydrogen (secondary N) is 1. The first-order chi connectivity index (χ1) is 12.0. The number of thiophene rings is 1.